The van der Waals surface area contributed by atoms with E-state index in [0.29, 0.717) is 5.92 Å². The smallest absolute Gasteiger partial charge is 0.0594 e. The highest BCUT2D eigenvalue weighted by molar-refractivity contribution is 5.85. The monoisotopic (exact) mass is 334 g/mol. The van der Waals surface area contributed by atoms with Crippen molar-refractivity contribution >= 4 is 24.8 Å². The van der Waals surface area contributed by atoms with E-state index in [-0.39, 0.29) is 24.8 Å². The van der Waals surface area contributed by atoms with Crippen LogP contribution in [0.4, 0.5) is 0 Å². The average Bonchev–Trinajstić information content (AvgIpc) is 2.45. The highest BCUT2D eigenvalue weighted by atomic mass is 35.5. The molecule has 0 radical (unpaired) electrons. The molecule has 0 unspecified atom stereocenters. The van der Waals surface area contributed by atoms with Gasteiger partial charge in [-0.05, 0) is 17.0 Å². The highest BCUT2D eigenvalue weighted by Gasteiger charge is 2.08. The summed E-state index contributed by atoms with van der Waals surface area (Å²) in [5.74, 6) is 0.614. The van der Waals surface area contributed by atoms with E-state index in [0.717, 1.165) is 45.9 Å². The van der Waals surface area contributed by atoms with Gasteiger partial charge in [-0.25, -0.2) is 0 Å². The van der Waals surface area contributed by atoms with Crippen molar-refractivity contribution in [1.29, 1.82) is 0 Å². The Labute approximate surface area is 141 Å². The van der Waals surface area contributed by atoms with Crippen molar-refractivity contribution in [2.75, 3.05) is 39.4 Å². The molecule has 1 fully saturated rings. The van der Waals surface area contributed by atoms with Gasteiger partial charge in [-0.15, -0.1) is 24.8 Å². The number of ether oxygens (including phenoxy) is 1. The van der Waals surface area contributed by atoms with Gasteiger partial charge in [0, 0.05) is 32.7 Å². The Kier molecular flexibility index (Phi) is 11.1. The number of hydrogen-bond acceptors (Lipinski definition) is 3. The first kappa shape index (κ1) is 20.7. The Hall–Kier alpha value is -0.320. The van der Waals surface area contributed by atoms with Gasteiger partial charge in [-0.2, -0.15) is 0 Å². The molecule has 1 heterocycles. The van der Waals surface area contributed by atoms with E-state index in [1.54, 1.807) is 0 Å². The molecule has 1 aromatic carbocycles. The highest BCUT2D eigenvalue weighted by Crippen LogP contribution is 2.14. The largest absolute Gasteiger partial charge is 0.379 e. The molecule has 1 aliphatic heterocycles. The van der Waals surface area contributed by atoms with Crippen molar-refractivity contribution in [3.63, 3.8) is 0 Å². The third-order valence-electron chi connectivity index (χ3n) is 3.68. The molecule has 1 saturated heterocycles. The molecule has 5 heteroatoms. The van der Waals surface area contributed by atoms with Gasteiger partial charge >= 0.3 is 0 Å². The Morgan fingerprint density at radius 2 is 1.71 bits per heavy atom. The molecular formula is C16H28Cl2N2O. The van der Waals surface area contributed by atoms with Gasteiger partial charge in [0.2, 0.25) is 0 Å². The fourth-order valence-corrected chi connectivity index (χ4v) is 2.32. The Morgan fingerprint density at radius 1 is 1.10 bits per heavy atom. The van der Waals surface area contributed by atoms with Crippen LogP contribution in [-0.4, -0.2) is 44.3 Å². The molecule has 0 bridgehead atoms. The molecule has 21 heavy (non-hydrogen) atoms. The molecule has 1 aromatic rings. The van der Waals surface area contributed by atoms with Crippen molar-refractivity contribution < 1.29 is 4.74 Å². The molecule has 3 nitrogen and oxygen atoms in total. The van der Waals surface area contributed by atoms with Gasteiger partial charge in [0.25, 0.3) is 0 Å². The lowest BCUT2D eigenvalue weighted by atomic mass is 10.0. The van der Waals surface area contributed by atoms with Crippen molar-refractivity contribution in [2.45, 2.75) is 26.3 Å². The van der Waals surface area contributed by atoms with Gasteiger partial charge in [-0.1, -0.05) is 38.1 Å². The lowest BCUT2D eigenvalue weighted by Crippen LogP contribution is -2.40. The molecule has 0 spiro atoms. The molecule has 122 valence electrons. The zero-order chi connectivity index (χ0) is 13.5. The minimum Gasteiger partial charge on any atom is -0.379 e. The number of halogens is 2. The maximum atomic E-state index is 5.34. The second-order valence-electron chi connectivity index (χ2n) is 5.53. The molecule has 0 aromatic heterocycles. The molecular weight excluding hydrogens is 307 g/mol. The van der Waals surface area contributed by atoms with Gasteiger partial charge in [-0.3, -0.25) is 4.90 Å². The van der Waals surface area contributed by atoms with E-state index in [1.807, 2.05) is 0 Å². The zero-order valence-electron chi connectivity index (χ0n) is 13.0. The molecule has 0 atom stereocenters. The summed E-state index contributed by atoms with van der Waals surface area (Å²) < 4.78 is 5.34. The first-order valence-electron chi connectivity index (χ1n) is 7.35. The normalized spacial score (nSPS) is 15.4. The number of nitrogens with zero attached hydrogens (tertiary/aromatic N) is 1. The van der Waals surface area contributed by atoms with Crippen LogP contribution in [-0.2, 0) is 11.3 Å². The summed E-state index contributed by atoms with van der Waals surface area (Å²) in [6.07, 6.45) is 0. The predicted molar refractivity (Wildman–Crippen MR) is 94.0 cm³/mol. The first-order valence-corrected chi connectivity index (χ1v) is 7.35. The molecule has 0 amide bonds. The summed E-state index contributed by atoms with van der Waals surface area (Å²) >= 11 is 0. The standard InChI is InChI=1S/C16H26N2O.2ClH/c1-14(2)16-5-3-15(4-6-16)13-17-7-8-18-9-11-19-12-10-18;;/h3-6,14,17H,7-13H2,1-2H3;2*1H. The van der Waals surface area contributed by atoms with E-state index in [4.69, 9.17) is 4.74 Å². The van der Waals surface area contributed by atoms with Crippen molar-refractivity contribution in [2.24, 2.45) is 0 Å². The second-order valence-corrected chi connectivity index (χ2v) is 5.53. The maximum absolute atomic E-state index is 5.34. The number of morpholine rings is 1. The van der Waals surface area contributed by atoms with Crippen LogP contribution in [0.1, 0.15) is 30.9 Å². The summed E-state index contributed by atoms with van der Waals surface area (Å²) in [5, 5.41) is 3.52. The second kappa shape index (κ2) is 11.3. The van der Waals surface area contributed by atoms with Crippen LogP contribution in [0.2, 0.25) is 0 Å². The van der Waals surface area contributed by atoms with Crippen molar-refractivity contribution in [3.8, 4) is 0 Å². The minimum atomic E-state index is 0. The van der Waals surface area contributed by atoms with Crippen LogP contribution in [0.25, 0.3) is 0 Å². The van der Waals surface area contributed by atoms with Gasteiger partial charge in [0.05, 0.1) is 13.2 Å². The molecule has 0 saturated carbocycles. The number of nitrogens with one attached hydrogen (secondary N) is 1. The van der Waals surface area contributed by atoms with E-state index in [2.05, 4.69) is 48.3 Å². The van der Waals surface area contributed by atoms with Crippen molar-refractivity contribution in [1.82, 2.24) is 10.2 Å². The fourth-order valence-electron chi connectivity index (χ4n) is 2.32. The van der Waals surface area contributed by atoms with E-state index >= 15 is 0 Å². The fraction of sp³-hybridized carbons (Fsp3) is 0.625. The predicted octanol–water partition coefficient (Wildman–Crippen LogP) is 3.08. The Morgan fingerprint density at radius 3 is 2.29 bits per heavy atom. The lowest BCUT2D eigenvalue weighted by Gasteiger charge is -2.26. The van der Waals surface area contributed by atoms with Crippen LogP contribution < -0.4 is 5.32 Å². The summed E-state index contributed by atoms with van der Waals surface area (Å²) in [5.41, 5.74) is 2.78. The van der Waals surface area contributed by atoms with Crippen LogP contribution >= 0.6 is 24.8 Å². The first-order chi connectivity index (χ1) is 9.25. The van der Waals surface area contributed by atoms with Crippen LogP contribution in [0, 0.1) is 0 Å². The maximum Gasteiger partial charge on any atom is 0.0594 e. The van der Waals surface area contributed by atoms with Gasteiger partial charge in [0.15, 0.2) is 0 Å². The molecule has 0 aliphatic carbocycles. The lowest BCUT2D eigenvalue weighted by molar-refractivity contribution is 0.0384. The summed E-state index contributed by atoms with van der Waals surface area (Å²) in [4.78, 5) is 2.46. The SMILES string of the molecule is CC(C)c1ccc(CNCCN2CCOCC2)cc1.Cl.Cl. The molecule has 1 aliphatic rings. The number of benzene rings is 1. The Balaban J connectivity index is 0.00000200. The van der Waals surface area contributed by atoms with Gasteiger partial charge < -0.3 is 10.1 Å². The molecule has 1 N–H and O–H groups in total. The summed E-state index contributed by atoms with van der Waals surface area (Å²) in [6, 6.07) is 8.95. The summed E-state index contributed by atoms with van der Waals surface area (Å²) in [6.45, 7) is 11.5. The Bertz CT molecular complexity index is 365. The van der Waals surface area contributed by atoms with Gasteiger partial charge in [0.1, 0.15) is 0 Å². The van der Waals surface area contributed by atoms with Crippen LogP contribution in [0.15, 0.2) is 24.3 Å². The van der Waals surface area contributed by atoms with Crippen LogP contribution in [0.5, 0.6) is 0 Å². The quantitative estimate of drug-likeness (QED) is 0.809. The number of rotatable bonds is 6. The zero-order valence-corrected chi connectivity index (χ0v) is 14.6. The van der Waals surface area contributed by atoms with E-state index in [1.165, 1.54) is 11.1 Å². The van der Waals surface area contributed by atoms with Crippen molar-refractivity contribution in [3.05, 3.63) is 35.4 Å². The summed E-state index contributed by atoms with van der Waals surface area (Å²) in [7, 11) is 0. The topological polar surface area (TPSA) is 24.5 Å². The van der Waals surface area contributed by atoms with E-state index in [9.17, 15) is 0 Å². The third-order valence-corrected chi connectivity index (χ3v) is 3.68. The molecule has 2 rings (SSSR count). The number of hydrogen-bond donors (Lipinski definition) is 1. The minimum absolute atomic E-state index is 0. The van der Waals surface area contributed by atoms with Crippen LogP contribution in [0.3, 0.4) is 0 Å². The third kappa shape index (κ3) is 7.48. The average molecular weight is 335 g/mol. The van der Waals surface area contributed by atoms with E-state index < -0.39 is 0 Å².